The summed E-state index contributed by atoms with van der Waals surface area (Å²) < 4.78 is 5.25. The van der Waals surface area contributed by atoms with E-state index in [1.54, 1.807) is 11.3 Å². The largest absolute Gasteiger partial charge is 0.444 e. The maximum Gasteiger partial charge on any atom is 0.407 e. The lowest BCUT2D eigenvalue weighted by atomic mass is 10.2. The van der Waals surface area contributed by atoms with E-state index >= 15 is 0 Å². The van der Waals surface area contributed by atoms with Crippen LogP contribution in [0, 0.1) is 11.3 Å². The zero-order chi connectivity index (χ0) is 14.8. The Labute approximate surface area is 123 Å². The first-order valence-corrected chi connectivity index (χ1v) is 7.49. The van der Waals surface area contributed by atoms with Crippen molar-refractivity contribution in [3.63, 3.8) is 0 Å². The van der Waals surface area contributed by atoms with Gasteiger partial charge in [-0.05, 0) is 38.6 Å². The second-order valence-corrected chi connectivity index (χ2v) is 6.72. The molecule has 0 saturated carbocycles. The maximum absolute atomic E-state index is 11.7. The Morgan fingerprint density at radius 3 is 3.00 bits per heavy atom. The van der Waals surface area contributed by atoms with Crippen LogP contribution in [0.25, 0.3) is 0 Å². The van der Waals surface area contributed by atoms with Gasteiger partial charge in [0.15, 0.2) is 0 Å². The summed E-state index contributed by atoms with van der Waals surface area (Å²) in [7, 11) is 0. The molecule has 1 aliphatic heterocycles. The number of carbonyl (C=O) groups excluding carboxylic acids is 1. The first kappa shape index (κ1) is 14.7. The molecule has 0 aromatic carbocycles. The van der Waals surface area contributed by atoms with E-state index in [9.17, 15) is 4.79 Å². The fourth-order valence-corrected chi connectivity index (χ4v) is 3.06. The van der Waals surface area contributed by atoms with Crippen LogP contribution < -0.4 is 10.2 Å². The lowest BCUT2D eigenvalue weighted by Gasteiger charge is -2.22. The minimum atomic E-state index is -0.482. The van der Waals surface area contributed by atoms with Crippen LogP contribution in [0.5, 0.6) is 0 Å². The number of hydrogen-bond acceptors (Lipinski definition) is 5. The highest BCUT2D eigenvalue weighted by atomic mass is 32.1. The van der Waals surface area contributed by atoms with Crippen molar-refractivity contribution >= 4 is 22.4 Å². The SMILES string of the molecule is CC(C)(C)OC(=O)N[C@H]1CCN(c2sccc2C#N)C1. The van der Waals surface area contributed by atoms with Gasteiger partial charge in [0.05, 0.1) is 11.6 Å². The Bertz CT molecular complexity index is 527. The zero-order valence-electron chi connectivity index (χ0n) is 12.0. The number of ether oxygens (including phenoxy) is 1. The van der Waals surface area contributed by atoms with Gasteiger partial charge in [-0.2, -0.15) is 5.26 Å². The van der Waals surface area contributed by atoms with Crippen LogP contribution in [0.4, 0.5) is 9.80 Å². The number of nitriles is 1. The molecule has 20 heavy (non-hydrogen) atoms. The molecular formula is C14H19N3O2S. The number of carbonyl (C=O) groups is 1. The van der Waals surface area contributed by atoms with Crippen LogP contribution in [0.3, 0.4) is 0 Å². The molecule has 6 heteroatoms. The number of anilines is 1. The second-order valence-electron chi connectivity index (χ2n) is 5.83. The molecular weight excluding hydrogens is 274 g/mol. The molecule has 5 nitrogen and oxygen atoms in total. The van der Waals surface area contributed by atoms with Crippen molar-refractivity contribution in [2.24, 2.45) is 0 Å². The van der Waals surface area contributed by atoms with E-state index in [0.29, 0.717) is 12.1 Å². The lowest BCUT2D eigenvalue weighted by molar-refractivity contribution is 0.0509. The van der Waals surface area contributed by atoms with E-state index in [2.05, 4.69) is 16.3 Å². The molecule has 1 amide bonds. The van der Waals surface area contributed by atoms with Gasteiger partial charge in [-0.3, -0.25) is 0 Å². The summed E-state index contributed by atoms with van der Waals surface area (Å²) in [5.41, 5.74) is 0.220. The highest BCUT2D eigenvalue weighted by Crippen LogP contribution is 2.30. The van der Waals surface area contributed by atoms with Gasteiger partial charge in [0, 0.05) is 13.1 Å². The highest BCUT2D eigenvalue weighted by Gasteiger charge is 2.27. The maximum atomic E-state index is 11.7. The molecule has 1 saturated heterocycles. The predicted octanol–water partition coefficient (Wildman–Crippen LogP) is 2.72. The van der Waals surface area contributed by atoms with Crippen LogP contribution in [0.15, 0.2) is 11.4 Å². The van der Waals surface area contributed by atoms with E-state index in [4.69, 9.17) is 10.00 Å². The summed E-state index contributed by atoms with van der Waals surface area (Å²) in [5.74, 6) is 0. The number of hydrogen-bond donors (Lipinski definition) is 1. The van der Waals surface area contributed by atoms with Crippen molar-refractivity contribution in [3.8, 4) is 6.07 Å². The fraction of sp³-hybridized carbons (Fsp3) is 0.571. The molecule has 2 heterocycles. The van der Waals surface area contributed by atoms with E-state index < -0.39 is 5.60 Å². The molecule has 1 atom stereocenters. The van der Waals surface area contributed by atoms with E-state index in [1.165, 1.54) is 0 Å². The zero-order valence-corrected chi connectivity index (χ0v) is 12.8. The molecule has 108 valence electrons. The number of amides is 1. The molecule has 2 rings (SSSR count). The van der Waals surface area contributed by atoms with Gasteiger partial charge >= 0.3 is 6.09 Å². The molecule has 1 aliphatic rings. The molecule has 0 radical (unpaired) electrons. The third kappa shape index (κ3) is 3.64. The minimum absolute atomic E-state index is 0.0680. The van der Waals surface area contributed by atoms with Gasteiger partial charge in [0.25, 0.3) is 0 Å². The summed E-state index contributed by atoms with van der Waals surface area (Å²) in [6, 6.07) is 4.09. The highest BCUT2D eigenvalue weighted by molar-refractivity contribution is 7.14. The molecule has 0 bridgehead atoms. The topological polar surface area (TPSA) is 65.4 Å². The van der Waals surface area contributed by atoms with Gasteiger partial charge in [-0.1, -0.05) is 0 Å². The van der Waals surface area contributed by atoms with Crippen molar-refractivity contribution < 1.29 is 9.53 Å². The van der Waals surface area contributed by atoms with Gasteiger partial charge in [-0.15, -0.1) is 11.3 Å². The summed E-state index contributed by atoms with van der Waals surface area (Å²) in [6.45, 7) is 7.10. The van der Waals surface area contributed by atoms with Crippen molar-refractivity contribution in [2.45, 2.75) is 38.8 Å². The average molecular weight is 293 g/mol. The Kier molecular flexibility index (Phi) is 4.19. The molecule has 1 N–H and O–H groups in total. The first-order valence-electron chi connectivity index (χ1n) is 6.61. The molecule has 0 unspecified atom stereocenters. The minimum Gasteiger partial charge on any atom is -0.444 e. The van der Waals surface area contributed by atoms with E-state index in [-0.39, 0.29) is 12.1 Å². The third-order valence-corrected chi connectivity index (χ3v) is 3.94. The number of nitrogens with zero attached hydrogens (tertiary/aromatic N) is 2. The normalized spacial score (nSPS) is 18.7. The third-order valence-electron chi connectivity index (χ3n) is 2.96. The summed E-state index contributed by atoms with van der Waals surface area (Å²) >= 11 is 1.56. The van der Waals surface area contributed by atoms with E-state index in [0.717, 1.165) is 18.0 Å². The average Bonchev–Trinajstić information content (AvgIpc) is 2.93. The van der Waals surface area contributed by atoms with Crippen LogP contribution >= 0.6 is 11.3 Å². The molecule has 1 aromatic heterocycles. The quantitative estimate of drug-likeness (QED) is 0.910. The first-order chi connectivity index (χ1) is 9.39. The number of alkyl carbamates (subject to hydrolysis) is 1. The predicted molar refractivity (Wildman–Crippen MR) is 79.0 cm³/mol. The van der Waals surface area contributed by atoms with Gasteiger partial charge in [0.2, 0.25) is 0 Å². The van der Waals surface area contributed by atoms with Crippen LogP contribution in [-0.2, 0) is 4.74 Å². The summed E-state index contributed by atoms with van der Waals surface area (Å²) in [4.78, 5) is 13.9. The van der Waals surface area contributed by atoms with Gasteiger partial charge in [-0.25, -0.2) is 4.79 Å². The summed E-state index contributed by atoms with van der Waals surface area (Å²) in [5, 5.41) is 14.8. The number of thiophene rings is 1. The summed E-state index contributed by atoms with van der Waals surface area (Å²) in [6.07, 6.45) is 0.484. The van der Waals surface area contributed by atoms with Crippen molar-refractivity contribution in [2.75, 3.05) is 18.0 Å². The molecule has 0 aliphatic carbocycles. The van der Waals surface area contributed by atoms with E-state index in [1.807, 2.05) is 32.2 Å². The van der Waals surface area contributed by atoms with Crippen LogP contribution in [-0.4, -0.2) is 30.8 Å². The van der Waals surface area contributed by atoms with Crippen LogP contribution in [0.2, 0.25) is 0 Å². The van der Waals surface area contributed by atoms with Gasteiger partial charge in [0.1, 0.15) is 16.7 Å². The lowest BCUT2D eigenvalue weighted by Crippen LogP contribution is -2.40. The molecule has 1 fully saturated rings. The van der Waals surface area contributed by atoms with Crippen molar-refractivity contribution in [3.05, 3.63) is 17.0 Å². The smallest absolute Gasteiger partial charge is 0.407 e. The van der Waals surface area contributed by atoms with Gasteiger partial charge < -0.3 is 15.0 Å². The number of nitrogens with one attached hydrogen (secondary N) is 1. The number of rotatable bonds is 2. The second kappa shape index (κ2) is 5.71. The Morgan fingerprint density at radius 1 is 1.60 bits per heavy atom. The monoisotopic (exact) mass is 293 g/mol. The Balaban J connectivity index is 1.90. The Hall–Kier alpha value is -1.74. The molecule has 0 spiro atoms. The fourth-order valence-electron chi connectivity index (χ4n) is 2.17. The standard InChI is InChI=1S/C14H19N3O2S/c1-14(2,3)19-13(18)16-11-4-6-17(9-11)12-10(8-15)5-7-20-12/h5,7,11H,4,6,9H2,1-3H3,(H,16,18)/t11-/m0/s1. The van der Waals surface area contributed by atoms with Crippen molar-refractivity contribution in [1.29, 1.82) is 5.26 Å². The molecule has 1 aromatic rings. The van der Waals surface area contributed by atoms with Crippen LogP contribution in [0.1, 0.15) is 32.8 Å². The Morgan fingerprint density at radius 2 is 2.35 bits per heavy atom. The van der Waals surface area contributed by atoms with Crippen molar-refractivity contribution in [1.82, 2.24) is 5.32 Å².